The van der Waals surface area contributed by atoms with Crippen molar-refractivity contribution in [2.24, 2.45) is 0 Å². The Kier molecular flexibility index (Phi) is 12.5. The first-order valence-corrected chi connectivity index (χ1v) is 24.2. The van der Waals surface area contributed by atoms with Crippen molar-refractivity contribution < 1.29 is 27.1 Å². The van der Waals surface area contributed by atoms with Crippen LogP contribution >= 0.6 is 0 Å². The average molecular weight is 862 g/mol. The van der Waals surface area contributed by atoms with Crippen molar-refractivity contribution >= 4 is 54.5 Å². The van der Waals surface area contributed by atoms with E-state index in [1.807, 2.05) is 0 Å². The molecule has 7 nitrogen and oxygen atoms in total. The summed E-state index contributed by atoms with van der Waals surface area (Å²) in [7, 11) is -4.36. The quantitative estimate of drug-likeness (QED) is 0.0641. The molecule has 0 unspecified atom stereocenters. The molecule has 2 aliphatic heterocycles. The molecule has 1 aliphatic carbocycles. The van der Waals surface area contributed by atoms with E-state index in [-0.39, 0.29) is 21.5 Å². The van der Waals surface area contributed by atoms with Crippen molar-refractivity contribution in [1.82, 2.24) is 0 Å². The van der Waals surface area contributed by atoms with E-state index in [1.54, 1.807) is 19.1 Å². The second kappa shape index (κ2) is 17.9. The van der Waals surface area contributed by atoms with E-state index >= 15 is 0 Å². The molecule has 63 heavy (non-hydrogen) atoms. The fraction of sp³-hybridized carbons (Fsp3) is 0.345. The minimum Gasteiger partial charge on any atom is -0.457 e. The molecule has 0 fully saturated rings. The number of anilines is 1. The maximum Gasteiger partial charge on any atom is 0.294 e. The van der Waals surface area contributed by atoms with Gasteiger partial charge in [0, 0.05) is 53.9 Å². The Balaban J connectivity index is 1.23. The number of Topliss-reactive ketones (excluding diaryl/α,β-unsaturated/α-hetero) is 1. The molecule has 0 radical (unpaired) electrons. The largest absolute Gasteiger partial charge is 0.457 e. The van der Waals surface area contributed by atoms with E-state index in [0.29, 0.717) is 12.2 Å². The standard InChI is InChI=1S/C55H60N2O5S/c1-7-8-36-56-47-32-24-39-18-11-13-22-45(39)51(47)54(3,4)49(56)34-26-41-20-16-21-42(53(41)62-43-28-30-44(31-29-43)63(59,60)61)27-35-50-55(5,6)52-46-23-14-12-19-40(46)25-33-48(52)57(50)37-15-9-10-17-38(2)58/h11-14,18-19,22-35H,7-10,15-17,20-21,36-37H2,1-6H3/p+1. The highest BCUT2D eigenvalue weighted by molar-refractivity contribution is 7.85. The van der Waals surface area contributed by atoms with Gasteiger partial charge in [-0.05, 0) is 140 Å². The maximum absolute atomic E-state index is 12.0. The van der Waals surface area contributed by atoms with Crippen molar-refractivity contribution in [3.05, 3.63) is 155 Å². The van der Waals surface area contributed by atoms with Gasteiger partial charge in [-0.2, -0.15) is 13.0 Å². The van der Waals surface area contributed by atoms with Gasteiger partial charge in [-0.3, -0.25) is 4.55 Å². The third kappa shape index (κ3) is 8.72. The predicted octanol–water partition coefficient (Wildman–Crippen LogP) is 13.2. The number of rotatable bonds is 15. The topological polar surface area (TPSA) is 86.9 Å². The monoisotopic (exact) mass is 861 g/mol. The van der Waals surface area contributed by atoms with Crippen LogP contribution in [-0.4, -0.2) is 42.1 Å². The molecule has 5 aromatic carbocycles. The Morgan fingerprint density at radius 1 is 0.778 bits per heavy atom. The van der Waals surface area contributed by atoms with Gasteiger partial charge >= 0.3 is 0 Å². The molecule has 0 spiro atoms. The fourth-order valence-electron chi connectivity index (χ4n) is 10.2. The lowest BCUT2D eigenvalue weighted by Gasteiger charge is -2.28. The van der Waals surface area contributed by atoms with Crippen LogP contribution in [-0.2, 0) is 25.7 Å². The Morgan fingerprint density at radius 2 is 1.46 bits per heavy atom. The second-order valence-corrected chi connectivity index (χ2v) is 19.9. The van der Waals surface area contributed by atoms with Crippen molar-refractivity contribution in [3.63, 3.8) is 0 Å². The Hall–Kier alpha value is -5.57. The minimum atomic E-state index is -4.36. The number of unbranched alkanes of at least 4 members (excludes halogenated alkanes) is 3. The van der Waals surface area contributed by atoms with Crippen LogP contribution in [0.5, 0.6) is 5.75 Å². The third-order valence-corrected chi connectivity index (χ3v) is 14.2. The summed E-state index contributed by atoms with van der Waals surface area (Å²) in [5, 5.41) is 5.01. The summed E-state index contributed by atoms with van der Waals surface area (Å²) in [5.74, 6) is 1.50. The van der Waals surface area contributed by atoms with Crippen LogP contribution in [0.2, 0.25) is 0 Å². The van der Waals surface area contributed by atoms with E-state index in [0.717, 1.165) is 81.4 Å². The van der Waals surface area contributed by atoms with Crippen LogP contribution < -0.4 is 9.64 Å². The number of nitrogens with zero attached hydrogens (tertiary/aromatic N) is 2. The number of carbonyl (C=O) groups excluding carboxylic acids is 1. The SMILES string of the molecule is CCCC[N+]1=C(/C=C/C2=C(Oc3ccc(S(=O)(=O)O)cc3)C(=C/C=C3\N(CCCCCC(C)=O)c4ccc5ccccc5c4C3(C)C)/CCC2)C(C)(C)c2c1ccc1ccccc21. The summed E-state index contributed by atoms with van der Waals surface area (Å²) in [6, 6.07) is 32.3. The molecule has 0 bridgehead atoms. The van der Waals surface area contributed by atoms with Gasteiger partial charge in [0.25, 0.3) is 10.1 Å². The Labute approximate surface area is 373 Å². The van der Waals surface area contributed by atoms with Crippen molar-refractivity contribution in [3.8, 4) is 5.75 Å². The molecular formula is C55H61N2O5S+. The van der Waals surface area contributed by atoms with Gasteiger partial charge in [-0.1, -0.05) is 94.3 Å². The molecule has 1 N–H and O–H groups in total. The number of fused-ring (bicyclic) bond motifs is 6. The third-order valence-electron chi connectivity index (χ3n) is 13.4. The normalized spacial score (nSPS) is 18.4. The number of ketones is 1. The number of allylic oxidation sites excluding steroid dienone is 7. The molecule has 0 saturated heterocycles. The van der Waals surface area contributed by atoms with Gasteiger partial charge in [-0.25, -0.2) is 0 Å². The van der Waals surface area contributed by atoms with Gasteiger partial charge in [0.1, 0.15) is 23.8 Å². The Morgan fingerprint density at radius 3 is 2.14 bits per heavy atom. The predicted molar refractivity (Wildman–Crippen MR) is 258 cm³/mol. The van der Waals surface area contributed by atoms with Crippen LogP contribution in [0, 0.1) is 0 Å². The molecule has 0 aromatic heterocycles. The summed E-state index contributed by atoms with van der Waals surface area (Å²) in [6.07, 6.45) is 17.3. The van der Waals surface area contributed by atoms with Crippen molar-refractivity contribution in [1.29, 1.82) is 0 Å². The number of ether oxygens (including phenoxy) is 1. The highest BCUT2D eigenvalue weighted by atomic mass is 32.2. The van der Waals surface area contributed by atoms with E-state index in [2.05, 4.69) is 141 Å². The highest BCUT2D eigenvalue weighted by Crippen LogP contribution is 2.51. The smallest absolute Gasteiger partial charge is 0.294 e. The molecule has 0 amide bonds. The molecule has 2 heterocycles. The molecule has 0 atom stereocenters. The second-order valence-electron chi connectivity index (χ2n) is 18.5. The molecule has 326 valence electrons. The maximum atomic E-state index is 12.0. The lowest BCUT2D eigenvalue weighted by atomic mass is 9.78. The fourth-order valence-corrected chi connectivity index (χ4v) is 10.7. The van der Waals surface area contributed by atoms with Crippen molar-refractivity contribution in [2.45, 2.75) is 115 Å². The molecule has 8 heteroatoms. The van der Waals surface area contributed by atoms with E-state index in [4.69, 9.17) is 4.74 Å². The zero-order chi connectivity index (χ0) is 44.5. The zero-order valence-electron chi connectivity index (χ0n) is 37.7. The van der Waals surface area contributed by atoms with Gasteiger partial charge in [-0.15, -0.1) is 0 Å². The first-order valence-electron chi connectivity index (χ1n) is 22.7. The van der Waals surface area contributed by atoms with Gasteiger partial charge in [0.15, 0.2) is 5.71 Å². The van der Waals surface area contributed by atoms with Crippen LogP contribution in [0.3, 0.4) is 0 Å². The summed E-state index contributed by atoms with van der Waals surface area (Å²) < 4.78 is 43.0. The van der Waals surface area contributed by atoms with Crippen LogP contribution in [0.1, 0.15) is 110 Å². The first-order chi connectivity index (χ1) is 30.2. The summed E-state index contributed by atoms with van der Waals surface area (Å²) in [6.45, 7) is 15.0. The van der Waals surface area contributed by atoms with Gasteiger partial charge < -0.3 is 14.4 Å². The van der Waals surface area contributed by atoms with Crippen LogP contribution in [0.25, 0.3) is 21.5 Å². The zero-order valence-corrected chi connectivity index (χ0v) is 38.5. The highest BCUT2D eigenvalue weighted by Gasteiger charge is 2.45. The van der Waals surface area contributed by atoms with Crippen LogP contribution in [0.4, 0.5) is 11.4 Å². The average Bonchev–Trinajstić information content (AvgIpc) is 3.62. The first kappa shape index (κ1) is 44.1. The van der Waals surface area contributed by atoms with E-state index < -0.39 is 10.1 Å². The molecule has 3 aliphatic rings. The molecule has 8 rings (SSSR count). The molecular weight excluding hydrogens is 801 g/mol. The number of hydrogen-bond acceptors (Lipinski definition) is 5. The minimum absolute atomic E-state index is 0.177. The molecule has 0 saturated carbocycles. The molecule has 5 aromatic rings. The summed E-state index contributed by atoms with van der Waals surface area (Å²) in [5.41, 5.74) is 9.23. The van der Waals surface area contributed by atoms with Gasteiger partial charge in [0.2, 0.25) is 5.69 Å². The van der Waals surface area contributed by atoms with E-state index in [9.17, 15) is 17.8 Å². The lowest BCUT2D eigenvalue weighted by molar-refractivity contribution is -0.438. The number of benzene rings is 5. The van der Waals surface area contributed by atoms with Crippen LogP contribution in [0.15, 0.2) is 149 Å². The van der Waals surface area contributed by atoms with E-state index in [1.165, 1.54) is 67.6 Å². The lowest BCUT2D eigenvalue weighted by Crippen LogP contribution is -2.28. The number of hydrogen-bond donors (Lipinski definition) is 1. The van der Waals surface area contributed by atoms with Crippen molar-refractivity contribution in [2.75, 3.05) is 18.0 Å². The summed E-state index contributed by atoms with van der Waals surface area (Å²) >= 11 is 0. The summed E-state index contributed by atoms with van der Waals surface area (Å²) in [4.78, 5) is 14.0. The Bertz CT molecular complexity index is 2860. The number of carbonyl (C=O) groups is 1. The van der Waals surface area contributed by atoms with Gasteiger partial charge in [0.05, 0.1) is 10.3 Å².